The molecule has 3 heteroatoms. The normalized spacial score (nSPS) is 10.4. The zero-order valence-electron chi connectivity index (χ0n) is 9.98. The van der Waals surface area contributed by atoms with Gasteiger partial charge in [-0.1, -0.05) is 19.9 Å². The number of aromatic nitrogens is 1. The van der Waals surface area contributed by atoms with E-state index in [4.69, 9.17) is 4.74 Å². The van der Waals surface area contributed by atoms with Gasteiger partial charge in [-0.2, -0.15) is 0 Å². The Morgan fingerprint density at radius 3 is 2.94 bits per heavy atom. The van der Waals surface area contributed by atoms with Gasteiger partial charge >= 0.3 is 5.97 Å². The Hall–Kier alpha value is -1.38. The minimum absolute atomic E-state index is 0.0961. The van der Waals surface area contributed by atoms with E-state index in [-0.39, 0.29) is 5.97 Å². The summed E-state index contributed by atoms with van der Waals surface area (Å²) >= 11 is 0. The van der Waals surface area contributed by atoms with Gasteiger partial charge in [0.2, 0.25) is 0 Å². The molecule has 1 rings (SSSR count). The number of hydrogen-bond donors (Lipinski definition) is 0. The van der Waals surface area contributed by atoms with Crippen molar-refractivity contribution in [3.8, 4) is 0 Å². The number of hydrogen-bond acceptors (Lipinski definition) is 3. The van der Waals surface area contributed by atoms with Gasteiger partial charge in [0.05, 0.1) is 6.61 Å². The smallest absolute Gasteiger partial charge is 0.306 e. The van der Waals surface area contributed by atoms with Gasteiger partial charge in [-0.15, -0.1) is 0 Å². The largest absolute Gasteiger partial charge is 0.466 e. The summed E-state index contributed by atoms with van der Waals surface area (Å²) in [5.74, 6) is 0.270. The third-order valence-corrected chi connectivity index (χ3v) is 2.17. The highest BCUT2D eigenvalue weighted by atomic mass is 16.5. The van der Waals surface area contributed by atoms with Gasteiger partial charge in [-0.05, 0) is 30.4 Å². The highest BCUT2D eigenvalue weighted by molar-refractivity contribution is 5.69. The Morgan fingerprint density at radius 2 is 2.31 bits per heavy atom. The molecule has 16 heavy (non-hydrogen) atoms. The summed E-state index contributed by atoms with van der Waals surface area (Å²) in [6, 6.07) is 3.95. The predicted molar refractivity (Wildman–Crippen MR) is 63.0 cm³/mol. The maximum absolute atomic E-state index is 11.2. The fraction of sp³-hybridized carbons (Fsp3) is 0.538. The third kappa shape index (κ3) is 5.49. The molecule has 0 radical (unpaired) electrons. The third-order valence-electron chi connectivity index (χ3n) is 2.17. The van der Waals surface area contributed by atoms with E-state index in [1.807, 2.05) is 32.2 Å². The molecule has 1 aromatic heterocycles. The molecule has 0 aromatic carbocycles. The minimum atomic E-state index is -0.0961. The van der Waals surface area contributed by atoms with Crippen molar-refractivity contribution in [2.24, 2.45) is 5.92 Å². The fourth-order valence-electron chi connectivity index (χ4n) is 1.40. The van der Waals surface area contributed by atoms with E-state index in [1.165, 1.54) is 5.56 Å². The SMILES string of the molecule is CC(C)CC(=O)OCCCc1cccnc1. The fourth-order valence-corrected chi connectivity index (χ4v) is 1.40. The summed E-state index contributed by atoms with van der Waals surface area (Å²) in [6.07, 6.45) is 5.87. The lowest BCUT2D eigenvalue weighted by Crippen LogP contribution is -2.09. The van der Waals surface area contributed by atoms with Gasteiger partial charge in [0, 0.05) is 18.8 Å². The molecule has 0 N–H and O–H groups in total. The summed E-state index contributed by atoms with van der Waals surface area (Å²) in [5, 5.41) is 0. The molecule has 0 bridgehead atoms. The Balaban J connectivity index is 2.10. The van der Waals surface area contributed by atoms with Crippen LogP contribution in [0.1, 0.15) is 32.3 Å². The average Bonchev–Trinajstić information content (AvgIpc) is 2.25. The second-order valence-corrected chi connectivity index (χ2v) is 4.28. The Bertz CT molecular complexity index is 309. The van der Waals surface area contributed by atoms with Crippen LogP contribution in [0.15, 0.2) is 24.5 Å². The van der Waals surface area contributed by atoms with Crippen molar-refractivity contribution in [3.05, 3.63) is 30.1 Å². The van der Waals surface area contributed by atoms with E-state index >= 15 is 0 Å². The molecule has 0 saturated heterocycles. The van der Waals surface area contributed by atoms with Crippen molar-refractivity contribution in [1.82, 2.24) is 4.98 Å². The number of rotatable bonds is 6. The van der Waals surface area contributed by atoms with Crippen LogP contribution < -0.4 is 0 Å². The molecule has 1 aromatic rings. The lowest BCUT2D eigenvalue weighted by molar-refractivity contribution is -0.144. The van der Waals surface area contributed by atoms with Crippen LogP contribution in [0, 0.1) is 5.92 Å². The molecular weight excluding hydrogens is 202 g/mol. The van der Waals surface area contributed by atoms with Crippen LogP contribution in [0.25, 0.3) is 0 Å². The topological polar surface area (TPSA) is 39.2 Å². The second kappa shape index (κ2) is 6.99. The number of carbonyl (C=O) groups excluding carboxylic acids is 1. The summed E-state index contributed by atoms with van der Waals surface area (Å²) in [7, 11) is 0. The monoisotopic (exact) mass is 221 g/mol. The average molecular weight is 221 g/mol. The molecule has 0 saturated carbocycles. The van der Waals surface area contributed by atoms with Crippen LogP contribution in [-0.2, 0) is 16.0 Å². The van der Waals surface area contributed by atoms with Crippen LogP contribution in [0.4, 0.5) is 0 Å². The number of carbonyl (C=O) groups is 1. The van der Waals surface area contributed by atoms with Crippen LogP contribution >= 0.6 is 0 Å². The highest BCUT2D eigenvalue weighted by Gasteiger charge is 2.05. The van der Waals surface area contributed by atoms with Crippen molar-refractivity contribution in [3.63, 3.8) is 0 Å². The zero-order valence-corrected chi connectivity index (χ0v) is 9.98. The van der Waals surface area contributed by atoms with E-state index in [9.17, 15) is 4.79 Å². The number of aryl methyl sites for hydroxylation is 1. The van der Waals surface area contributed by atoms with Crippen LogP contribution in [0.5, 0.6) is 0 Å². The van der Waals surface area contributed by atoms with Crippen molar-refractivity contribution in [2.75, 3.05) is 6.61 Å². The maximum atomic E-state index is 11.2. The molecule has 0 spiro atoms. The summed E-state index contributed by atoms with van der Waals surface area (Å²) in [5.41, 5.74) is 1.18. The van der Waals surface area contributed by atoms with E-state index in [0.29, 0.717) is 18.9 Å². The molecule has 88 valence electrons. The van der Waals surface area contributed by atoms with Crippen LogP contribution in [-0.4, -0.2) is 17.6 Å². The number of esters is 1. The second-order valence-electron chi connectivity index (χ2n) is 4.28. The summed E-state index contributed by atoms with van der Waals surface area (Å²) < 4.78 is 5.12. The van der Waals surface area contributed by atoms with Gasteiger partial charge in [-0.3, -0.25) is 9.78 Å². The van der Waals surface area contributed by atoms with Gasteiger partial charge < -0.3 is 4.74 Å². The molecule has 0 atom stereocenters. The summed E-state index contributed by atoms with van der Waals surface area (Å²) in [4.78, 5) is 15.3. The first-order chi connectivity index (χ1) is 7.68. The number of nitrogens with zero attached hydrogens (tertiary/aromatic N) is 1. The highest BCUT2D eigenvalue weighted by Crippen LogP contribution is 2.03. The van der Waals surface area contributed by atoms with E-state index in [1.54, 1.807) is 6.20 Å². The van der Waals surface area contributed by atoms with Gasteiger partial charge in [0.25, 0.3) is 0 Å². The predicted octanol–water partition coefficient (Wildman–Crippen LogP) is 2.60. The number of pyridine rings is 1. The van der Waals surface area contributed by atoms with Gasteiger partial charge in [0.15, 0.2) is 0 Å². The van der Waals surface area contributed by atoms with Crippen molar-refractivity contribution in [2.45, 2.75) is 33.1 Å². The Labute approximate surface area is 96.8 Å². The van der Waals surface area contributed by atoms with E-state index in [0.717, 1.165) is 12.8 Å². The molecule has 1 heterocycles. The van der Waals surface area contributed by atoms with Crippen LogP contribution in [0.2, 0.25) is 0 Å². The van der Waals surface area contributed by atoms with Crippen LogP contribution in [0.3, 0.4) is 0 Å². The molecule has 0 aliphatic rings. The van der Waals surface area contributed by atoms with Crippen molar-refractivity contribution < 1.29 is 9.53 Å². The zero-order chi connectivity index (χ0) is 11.8. The van der Waals surface area contributed by atoms with Gasteiger partial charge in [0.1, 0.15) is 0 Å². The van der Waals surface area contributed by atoms with Gasteiger partial charge in [-0.25, -0.2) is 0 Å². The first-order valence-corrected chi connectivity index (χ1v) is 5.73. The molecule has 0 fully saturated rings. The quantitative estimate of drug-likeness (QED) is 0.547. The Morgan fingerprint density at radius 1 is 1.50 bits per heavy atom. The molecule has 0 aliphatic carbocycles. The molecule has 0 aliphatic heterocycles. The van der Waals surface area contributed by atoms with Crippen molar-refractivity contribution >= 4 is 5.97 Å². The lowest BCUT2D eigenvalue weighted by atomic mass is 10.1. The standard InChI is InChI=1S/C13H19NO2/c1-11(2)9-13(15)16-8-4-6-12-5-3-7-14-10-12/h3,5,7,10-11H,4,6,8-9H2,1-2H3. The van der Waals surface area contributed by atoms with E-state index in [2.05, 4.69) is 4.98 Å². The molecule has 3 nitrogen and oxygen atoms in total. The maximum Gasteiger partial charge on any atom is 0.306 e. The number of ether oxygens (including phenoxy) is 1. The summed E-state index contributed by atoms with van der Waals surface area (Å²) in [6.45, 7) is 4.52. The Kier molecular flexibility index (Phi) is 5.54. The van der Waals surface area contributed by atoms with E-state index < -0.39 is 0 Å². The first kappa shape index (κ1) is 12.7. The molecular formula is C13H19NO2. The molecule has 0 amide bonds. The first-order valence-electron chi connectivity index (χ1n) is 5.73. The lowest BCUT2D eigenvalue weighted by Gasteiger charge is -2.06. The molecule has 0 unspecified atom stereocenters. The van der Waals surface area contributed by atoms with Crippen molar-refractivity contribution in [1.29, 1.82) is 0 Å². The minimum Gasteiger partial charge on any atom is -0.466 e.